The number of benzene rings is 2. The van der Waals surface area contributed by atoms with Crippen LogP contribution in [0.5, 0.6) is 0 Å². The zero-order valence-corrected chi connectivity index (χ0v) is 22.4. The van der Waals surface area contributed by atoms with Gasteiger partial charge in [-0.1, -0.05) is 30.3 Å². The Morgan fingerprint density at radius 3 is 2.79 bits per heavy atom. The van der Waals surface area contributed by atoms with Crippen LogP contribution >= 0.6 is 11.3 Å². The summed E-state index contributed by atoms with van der Waals surface area (Å²) in [6.07, 6.45) is 2.93. The van der Waals surface area contributed by atoms with Crippen LogP contribution in [-0.4, -0.2) is 70.1 Å². The summed E-state index contributed by atoms with van der Waals surface area (Å²) in [5.74, 6) is -0.805. The van der Waals surface area contributed by atoms with Crippen LogP contribution in [0.15, 0.2) is 60.8 Å². The molecule has 3 N–H and O–H groups in total. The maximum absolute atomic E-state index is 14.0. The van der Waals surface area contributed by atoms with Crippen LogP contribution in [0.25, 0.3) is 21.3 Å². The number of carbonyl (C=O) groups excluding carboxylic acids is 2. The minimum absolute atomic E-state index is 0.0127. The van der Waals surface area contributed by atoms with E-state index in [1.165, 1.54) is 23.5 Å². The molecule has 1 aliphatic heterocycles. The van der Waals surface area contributed by atoms with Crippen LogP contribution in [0.2, 0.25) is 0 Å². The molecule has 5 rings (SSSR count). The molecule has 4 aromatic rings. The Morgan fingerprint density at radius 2 is 1.97 bits per heavy atom. The number of rotatable bonds is 9. The molecular weight excluding hydrogens is 517 g/mol. The van der Waals surface area contributed by atoms with Gasteiger partial charge in [-0.15, -0.1) is 11.3 Å². The number of amides is 1. The normalized spacial score (nSPS) is 17.8. The second-order valence-corrected chi connectivity index (χ2v) is 10.8. The lowest BCUT2D eigenvalue weighted by Crippen LogP contribution is -2.56. The molecule has 0 radical (unpaired) electrons. The van der Waals surface area contributed by atoms with E-state index in [9.17, 15) is 19.1 Å². The van der Waals surface area contributed by atoms with Gasteiger partial charge < -0.3 is 15.7 Å². The van der Waals surface area contributed by atoms with Gasteiger partial charge in [0.05, 0.1) is 40.3 Å². The zero-order valence-electron chi connectivity index (χ0n) is 21.6. The minimum atomic E-state index is -0.517. The van der Waals surface area contributed by atoms with Crippen molar-refractivity contribution in [2.45, 2.75) is 31.8 Å². The summed E-state index contributed by atoms with van der Waals surface area (Å²) in [6.45, 7) is 2.94. The molecule has 2 aromatic heterocycles. The van der Waals surface area contributed by atoms with Gasteiger partial charge in [0, 0.05) is 30.7 Å². The molecule has 0 bridgehead atoms. The van der Waals surface area contributed by atoms with E-state index in [2.05, 4.69) is 20.6 Å². The number of piperidine rings is 1. The van der Waals surface area contributed by atoms with Gasteiger partial charge in [0.15, 0.2) is 5.78 Å². The lowest BCUT2D eigenvalue weighted by atomic mass is 9.93. The summed E-state index contributed by atoms with van der Waals surface area (Å²) in [6, 6.07) is 14.9. The number of halogens is 1. The molecule has 39 heavy (non-hydrogen) atoms. The fraction of sp³-hybridized carbons (Fsp3) is 0.310. The molecule has 2 aromatic carbocycles. The number of aryl methyl sites for hydroxylation is 1. The van der Waals surface area contributed by atoms with Crippen molar-refractivity contribution >= 4 is 33.9 Å². The van der Waals surface area contributed by atoms with Gasteiger partial charge in [0.1, 0.15) is 11.5 Å². The number of ketones is 1. The van der Waals surface area contributed by atoms with E-state index in [1.54, 1.807) is 24.4 Å². The standard InChI is InChI=1S/C29H30FN5O3S/c1-18-34-26(28(39-18)20-6-2-8-21(30)15-20)27(37)24-11-10-22(31-13-14-36)16-35(24)17-33-29(38)23-9-3-5-19-7-4-12-32-25(19)23/h2-9,12,15,22,24,31,36H,10-11,13-14,16-17H2,1H3,(H,33,38). The summed E-state index contributed by atoms with van der Waals surface area (Å²) in [5, 5.41) is 17.2. The van der Waals surface area contributed by atoms with E-state index in [0.717, 1.165) is 16.8 Å². The fourth-order valence-corrected chi connectivity index (χ4v) is 6.00. The van der Waals surface area contributed by atoms with Gasteiger partial charge >= 0.3 is 0 Å². The highest BCUT2D eigenvalue weighted by Crippen LogP contribution is 2.33. The van der Waals surface area contributed by atoms with Crippen LogP contribution in [0.1, 0.15) is 38.7 Å². The molecule has 1 amide bonds. The summed E-state index contributed by atoms with van der Waals surface area (Å²) in [5.41, 5.74) is 2.02. The van der Waals surface area contributed by atoms with Crippen molar-refractivity contribution in [3.05, 3.63) is 82.9 Å². The zero-order chi connectivity index (χ0) is 27.4. The van der Waals surface area contributed by atoms with Gasteiger partial charge in [-0.25, -0.2) is 9.37 Å². The number of carbonyl (C=O) groups is 2. The lowest BCUT2D eigenvalue weighted by Gasteiger charge is -2.39. The number of nitrogens with one attached hydrogen (secondary N) is 2. The smallest absolute Gasteiger partial charge is 0.254 e. The van der Waals surface area contributed by atoms with Crippen molar-refractivity contribution in [1.82, 2.24) is 25.5 Å². The number of Topliss-reactive ketones (excluding diaryl/α,β-unsaturated/α-hetero) is 1. The first-order valence-electron chi connectivity index (χ1n) is 12.9. The van der Waals surface area contributed by atoms with Crippen LogP contribution in [-0.2, 0) is 0 Å². The average Bonchev–Trinajstić information content (AvgIpc) is 3.35. The lowest BCUT2D eigenvalue weighted by molar-refractivity contribution is 0.0635. The Hall–Kier alpha value is -3.57. The number of para-hydroxylation sites is 1. The largest absolute Gasteiger partial charge is 0.395 e. The van der Waals surface area contributed by atoms with Crippen molar-refractivity contribution in [2.75, 3.05) is 26.4 Å². The van der Waals surface area contributed by atoms with Gasteiger partial charge in [-0.3, -0.25) is 19.5 Å². The summed E-state index contributed by atoms with van der Waals surface area (Å²) >= 11 is 1.36. The Kier molecular flexibility index (Phi) is 8.37. The number of likely N-dealkylation sites (tertiary alicyclic amines) is 1. The van der Waals surface area contributed by atoms with E-state index in [1.807, 2.05) is 36.1 Å². The molecule has 1 aliphatic rings. The summed E-state index contributed by atoms with van der Waals surface area (Å²) in [7, 11) is 0. The third kappa shape index (κ3) is 6.04. The van der Waals surface area contributed by atoms with E-state index in [4.69, 9.17) is 0 Å². The van der Waals surface area contributed by atoms with E-state index >= 15 is 0 Å². The Labute approximate surface area is 229 Å². The molecule has 8 nitrogen and oxygen atoms in total. The number of pyridine rings is 1. The maximum Gasteiger partial charge on any atom is 0.254 e. The SMILES string of the molecule is Cc1nc(C(=O)C2CCC(NCCO)CN2CNC(=O)c2cccc3cccnc23)c(-c2cccc(F)c2)s1. The van der Waals surface area contributed by atoms with Crippen molar-refractivity contribution in [1.29, 1.82) is 0 Å². The molecule has 2 unspecified atom stereocenters. The van der Waals surface area contributed by atoms with Crippen LogP contribution < -0.4 is 10.6 Å². The first-order valence-corrected chi connectivity index (χ1v) is 13.7. The molecular formula is C29H30FN5O3S. The fourth-order valence-electron chi connectivity index (χ4n) is 5.08. The molecule has 1 fully saturated rings. The molecule has 202 valence electrons. The van der Waals surface area contributed by atoms with Gasteiger partial charge in [0.2, 0.25) is 0 Å². The third-order valence-electron chi connectivity index (χ3n) is 6.91. The van der Waals surface area contributed by atoms with E-state index < -0.39 is 6.04 Å². The number of hydrogen-bond donors (Lipinski definition) is 3. The Bertz CT molecular complexity index is 1490. The third-order valence-corrected chi connectivity index (χ3v) is 7.93. The number of aliphatic hydroxyl groups is 1. The predicted molar refractivity (Wildman–Crippen MR) is 149 cm³/mol. The highest BCUT2D eigenvalue weighted by molar-refractivity contribution is 7.15. The summed E-state index contributed by atoms with van der Waals surface area (Å²) < 4.78 is 14.0. The van der Waals surface area contributed by atoms with Gasteiger partial charge in [0.25, 0.3) is 5.91 Å². The molecule has 0 spiro atoms. The molecule has 0 aliphatic carbocycles. The number of nitrogens with zero attached hydrogens (tertiary/aromatic N) is 3. The highest BCUT2D eigenvalue weighted by Gasteiger charge is 2.36. The monoisotopic (exact) mass is 547 g/mol. The number of hydrogen-bond acceptors (Lipinski definition) is 8. The number of aromatic nitrogens is 2. The van der Waals surface area contributed by atoms with E-state index in [-0.39, 0.29) is 36.8 Å². The van der Waals surface area contributed by atoms with Crippen molar-refractivity contribution in [3.8, 4) is 10.4 Å². The minimum Gasteiger partial charge on any atom is -0.395 e. The molecule has 0 saturated carbocycles. The molecule has 1 saturated heterocycles. The first kappa shape index (κ1) is 27.0. The first-order chi connectivity index (χ1) is 18.9. The topological polar surface area (TPSA) is 107 Å². The van der Waals surface area contributed by atoms with Crippen LogP contribution in [0.3, 0.4) is 0 Å². The quantitative estimate of drug-likeness (QED) is 0.274. The second kappa shape index (κ2) is 12.1. The number of thiazole rings is 1. The average molecular weight is 548 g/mol. The Balaban J connectivity index is 1.39. The molecule has 2 atom stereocenters. The van der Waals surface area contributed by atoms with Crippen molar-refractivity contribution in [2.24, 2.45) is 0 Å². The van der Waals surface area contributed by atoms with Crippen LogP contribution in [0.4, 0.5) is 4.39 Å². The van der Waals surface area contributed by atoms with Gasteiger partial charge in [-0.05, 0) is 49.6 Å². The highest BCUT2D eigenvalue weighted by atomic mass is 32.1. The van der Waals surface area contributed by atoms with E-state index in [0.29, 0.717) is 46.7 Å². The maximum atomic E-state index is 14.0. The summed E-state index contributed by atoms with van der Waals surface area (Å²) in [4.78, 5) is 38.7. The Morgan fingerprint density at radius 1 is 1.15 bits per heavy atom. The van der Waals surface area contributed by atoms with Crippen molar-refractivity contribution < 1.29 is 19.1 Å². The molecule has 10 heteroatoms. The predicted octanol–water partition coefficient (Wildman–Crippen LogP) is 3.79. The second-order valence-electron chi connectivity index (χ2n) is 9.57. The van der Waals surface area contributed by atoms with Gasteiger partial charge in [-0.2, -0.15) is 0 Å². The van der Waals surface area contributed by atoms with Crippen LogP contribution in [0, 0.1) is 12.7 Å². The van der Waals surface area contributed by atoms with Crippen molar-refractivity contribution in [3.63, 3.8) is 0 Å². The number of aliphatic hydroxyl groups excluding tert-OH is 1. The molecule has 3 heterocycles. The number of fused-ring (bicyclic) bond motifs is 1.